The van der Waals surface area contributed by atoms with Crippen LogP contribution in [0.2, 0.25) is 0 Å². The van der Waals surface area contributed by atoms with Crippen molar-refractivity contribution in [3.63, 3.8) is 0 Å². The van der Waals surface area contributed by atoms with Gasteiger partial charge in [0, 0.05) is 17.7 Å². The Labute approximate surface area is 120 Å². The minimum atomic E-state index is 0.641. The van der Waals surface area contributed by atoms with E-state index in [2.05, 4.69) is 22.2 Å². The monoisotopic (exact) mass is 271 g/mol. The summed E-state index contributed by atoms with van der Waals surface area (Å²) in [6.45, 7) is 7.70. The second kappa shape index (κ2) is 6.89. The molecule has 0 aliphatic carbocycles. The SMILES string of the molecule is CCCNc1ncnc(-c2ccccc2OCC)c1C. The third kappa shape index (κ3) is 3.07. The van der Waals surface area contributed by atoms with E-state index in [-0.39, 0.29) is 0 Å². The molecule has 0 bridgehead atoms. The van der Waals surface area contributed by atoms with Gasteiger partial charge in [0.1, 0.15) is 17.9 Å². The third-order valence-corrected chi connectivity index (χ3v) is 3.07. The number of ether oxygens (including phenoxy) is 1. The third-order valence-electron chi connectivity index (χ3n) is 3.07. The maximum atomic E-state index is 5.69. The van der Waals surface area contributed by atoms with Crippen molar-refractivity contribution < 1.29 is 4.74 Å². The van der Waals surface area contributed by atoms with E-state index in [0.717, 1.165) is 41.4 Å². The van der Waals surface area contributed by atoms with Gasteiger partial charge in [-0.1, -0.05) is 19.1 Å². The van der Waals surface area contributed by atoms with Crippen LogP contribution >= 0.6 is 0 Å². The molecule has 0 spiro atoms. The van der Waals surface area contributed by atoms with Crippen LogP contribution in [0.3, 0.4) is 0 Å². The molecule has 0 atom stereocenters. The van der Waals surface area contributed by atoms with Crippen LogP contribution in [0.4, 0.5) is 5.82 Å². The van der Waals surface area contributed by atoms with Crippen LogP contribution < -0.4 is 10.1 Å². The average Bonchev–Trinajstić information content (AvgIpc) is 2.47. The maximum absolute atomic E-state index is 5.69. The number of benzene rings is 1. The Morgan fingerprint density at radius 1 is 1.15 bits per heavy atom. The summed E-state index contributed by atoms with van der Waals surface area (Å²) in [5.41, 5.74) is 2.98. The molecule has 0 unspecified atom stereocenters. The second-order valence-electron chi connectivity index (χ2n) is 4.55. The second-order valence-corrected chi connectivity index (χ2v) is 4.55. The van der Waals surface area contributed by atoms with Gasteiger partial charge in [-0.3, -0.25) is 0 Å². The first-order valence-electron chi connectivity index (χ1n) is 7.05. The van der Waals surface area contributed by atoms with Gasteiger partial charge in [-0.05, 0) is 32.4 Å². The zero-order valence-electron chi connectivity index (χ0n) is 12.3. The lowest BCUT2D eigenvalue weighted by molar-refractivity contribution is 0.341. The van der Waals surface area contributed by atoms with E-state index < -0.39 is 0 Å². The molecule has 1 aromatic heterocycles. The van der Waals surface area contributed by atoms with Crippen molar-refractivity contribution >= 4 is 5.82 Å². The van der Waals surface area contributed by atoms with Gasteiger partial charge in [-0.25, -0.2) is 9.97 Å². The van der Waals surface area contributed by atoms with Crippen molar-refractivity contribution in [1.29, 1.82) is 0 Å². The van der Waals surface area contributed by atoms with Crippen molar-refractivity contribution in [2.75, 3.05) is 18.5 Å². The van der Waals surface area contributed by atoms with Gasteiger partial charge in [0.25, 0.3) is 0 Å². The van der Waals surface area contributed by atoms with E-state index in [1.54, 1.807) is 6.33 Å². The van der Waals surface area contributed by atoms with Crippen molar-refractivity contribution in [1.82, 2.24) is 9.97 Å². The summed E-state index contributed by atoms with van der Waals surface area (Å²) in [7, 11) is 0. The summed E-state index contributed by atoms with van der Waals surface area (Å²) in [4.78, 5) is 8.74. The number of nitrogens with zero attached hydrogens (tertiary/aromatic N) is 2. The Kier molecular flexibility index (Phi) is 4.93. The van der Waals surface area contributed by atoms with Crippen LogP contribution in [-0.4, -0.2) is 23.1 Å². The van der Waals surface area contributed by atoms with Gasteiger partial charge in [-0.2, -0.15) is 0 Å². The number of rotatable bonds is 6. The van der Waals surface area contributed by atoms with Crippen LogP contribution in [0, 0.1) is 6.92 Å². The zero-order valence-corrected chi connectivity index (χ0v) is 12.3. The minimum absolute atomic E-state index is 0.641. The molecule has 1 aromatic carbocycles. The highest BCUT2D eigenvalue weighted by Crippen LogP contribution is 2.32. The highest BCUT2D eigenvalue weighted by Gasteiger charge is 2.12. The van der Waals surface area contributed by atoms with Crippen LogP contribution in [0.15, 0.2) is 30.6 Å². The summed E-state index contributed by atoms with van der Waals surface area (Å²) in [6.07, 6.45) is 2.66. The number of aromatic nitrogens is 2. The molecule has 0 fully saturated rings. The summed E-state index contributed by atoms with van der Waals surface area (Å²) < 4.78 is 5.69. The Morgan fingerprint density at radius 3 is 2.70 bits per heavy atom. The van der Waals surface area contributed by atoms with Crippen LogP contribution in [0.1, 0.15) is 25.8 Å². The molecular formula is C16H21N3O. The molecule has 4 nitrogen and oxygen atoms in total. The molecule has 2 aromatic rings. The lowest BCUT2D eigenvalue weighted by atomic mass is 10.1. The fourth-order valence-electron chi connectivity index (χ4n) is 2.09. The van der Waals surface area contributed by atoms with Gasteiger partial charge in [0.15, 0.2) is 0 Å². The molecule has 0 saturated carbocycles. The number of hydrogen-bond acceptors (Lipinski definition) is 4. The van der Waals surface area contributed by atoms with Crippen molar-refractivity contribution in [2.24, 2.45) is 0 Å². The highest BCUT2D eigenvalue weighted by molar-refractivity contribution is 5.73. The quantitative estimate of drug-likeness (QED) is 0.870. The first-order chi connectivity index (χ1) is 9.77. The van der Waals surface area contributed by atoms with Gasteiger partial charge in [0.2, 0.25) is 0 Å². The Morgan fingerprint density at radius 2 is 1.95 bits per heavy atom. The molecule has 0 radical (unpaired) electrons. The van der Waals surface area contributed by atoms with E-state index >= 15 is 0 Å². The number of nitrogens with one attached hydrogen (secondary N) is 1. The normalized spacial score (nSPS) is 10.3. The zero-order chi connectivity index (χ0) is 14.4. The smallest absolute Gasteiger partial charge is 0.132 e. The lowest BCUT2D eigenvalue weighted by Crippen LogP contribution is -2.06. The van der Waals surface area contributed by atoms with Gasteiger partial charge in [-0.15, -0.1) is 0 Å². The molecular weight excluding hydrogens is 250 g/mol. The highest BCUT2D eigenvalue weighted by atomic mass is 16.5. The molecule has 106 valence electrons. The summed E-state index contributed by atoms with van der Waals surface area (Å²) in [5.74, 6) is 1.75. The van der Waals surface area contributed by atoms with Gasteiger partial charge in [0.05, 0.1) is 12.3 Å². The Balaban J connectivity index is 2.42. The fraction of sp³-hybridized carbons (Fsp3) is 0.375. The van der Waals surface area contributed by atoms with Crippen LogP contribution in [0.5, 0.6) is 5.75 Å². The number of para-hydroxylation sites is 1. The minimum Gasteiger partial charge on any atom is -0.493 e. The fourth-order valence-corrected chi connectivity index (χ4v) is 2.09. The van der Waals surface area contributed by atoms with Crippen molar-refractivity contribution in [2.45, 2.75) is 27.2 Å². The molecule has 0 saturated heterocycles. The molecule has 1 N–H and O–H groups in total. The predicted octanol–water partition coefficient (Wildman–Crippen LogP) is 3.67. The topological polar surface area (TPSA) is 47.0 Å². The Bertz CT molecular complexity index is 569. The van der Waals surface area contributed by atoms with E-state index in [0.29, 0.717) is 6.61 Å². The Hall–Kier alpha value is -2.10. The standard InChI is InChI=1S/C16H21N3O/c1-4-10-17-16-12(3)15(18-11-19-16)13-8-6-7-9-14(13)20-5-2/h6-9,11H,4-5,10H2,1-3H3,(H,17,18,19). The van der Waals surface area contributed by atoms with Crippen LogP contribution in [-0.2, 0) is 0 Å². The van der Waals surface area contributed by atoms with Crippen molar-refractivity contribution in [3.05, 3.63) is 36.2 Å². The van der Waals surface area contributed by atoms with E-state index in [9.17, 15) is 0 Å². The molecule has 20 heavy (non-hydrogen) atoms. The summed E-state index contributed by atoms with van der Waals surface area (Å²) in [6, 6.07) is 7.98. The number of hydrogen-bond donors (Lipinski definition) is 1. The number of anilines is 1. The first-order valence-corrected chi connectivity index (χ1v) is 7.05. The maximum Gasteiger partial charge on any atom is 0.132 e. The molecule has 0 aliphatic heterocycles. The summed E-state index contributed by atoms with van der Waals surface area (Å²) >= 11 is 0. The molecule has 1 heterocycles. The first kappa shape index (κ1) is 14.3. The van der Waals surface area contributed by atoms with E-state index in [1.165, 1.54) is 0 Å². The molecule has 0 aliphatic rings. The van der Waals surface area contributed by atoms with Crippen molar-refractivity contribution in [3.8, 4) is 17.0 Å². The average molecular weight is 271 g/mol. The summed E-state index contributed by atoms with van der Waals surface area (Å²) in [5, 5.41) is 3.33. The van der Waals surface area contributed by atoms with E-state index in [1.807, 2.05) is 38.1 Å². The van der Waals surface area contributed by atoms with Gasteiger partial charge < -0.3 is 10.1 Å². The van der Waals surface area contributed by atoms with Gasteiger partial charge >= 0.3 is 0 Å². The molecule has 2 rings (SSSR count). The lowest BCUT2D eigenvalue weighted by Gasteiger charge is -2.14. The molecule has 0 amide bonds. The molecule has 4 heteroatoms. The van der Waals surface area contributed by atoms with Crippen LogP contribution in [0.25, 0.3) is 11.3 Å². The largest absolute Gasteiger partial charge is 0.493 e. The van der Waals surface area contributed by atoms with E-state index in [4.69, 9.17) is 4.74 Å². The predicted molar refractivity (Wildman–Crippen MR) is 82.2 cm³/mol.